The van der Waals surface area contributed by atoms with Crippen molar-refractivity contribution < 1.29 is 9.59 Å². The molecule has 1 unspecified atom stereocenters. The lowest BCUT2D eigenvalue weighted by atomic mass is 10.1. The molecule has 1 heterocycles. The quantitative estimate of drug-likeness (QED) is 0.833. The van der Waals surface area contributed by atoms with E-state index in [4.69, 9.17) is 5.73 Å². The maximum Gasteiger partial charge on any atom is 0.235 e. The minimum Gasteiger partial charge on any atom is -0.342 e. The van der Waals surface area contributed by atoms with Crippen LogP contribution < -0.4 is 11.1 Å². The first kappa shape index (κ1) is 16.8. The Morgan fingerprint density at radius 1 is 1.27 bits per heavy atom. The summed E-state index contributed by atoms with van der Waals surface area (Å²) in [5.74, 6) is 0.0788. The van der Waals surface area contributed by atoms with E-state index in [1.165, 1.54) is 18.7 Å². The Morgan fingerprint density at radius 2 is 1.86 bits per heavy atom. The van der Waals surface area contributed by atoms with Crippen LogP contribution in [-0.2, 0) is 9.59 Å². The third-order valence-corrected chi connectivity index (χ3v) is 4.79. The van der Waals surface area contributed by atoms with Crippen molar-refractivity contribution >= 4 is 29.3 Å². The molecular weight excluding hydrogens is 298 g/mol. The summed E-state index contributed by atoms with van der Waals surface area (Å²) >= 11 is 1.54. The number of likely N-dealkylation sites (tertiary alicyclic amines) is 1. The molecule has 1 aromatic carbocycles. The van der Waals surface area contributed by atoms with Crippen molar-refractivity contribution in [3.63, 3.8) is 0 Å². The SMILES string of the molecule is CC(=O)Nc1ccc(SC(C)C(=O)N2CCC(N)CC2)cc1. The molecule has 0 aromatic heterocycles. The maximum absolute atomic E-state index is 12.4. The summed E-state index contributed by atoms with van der Waals surface area (Å²) in [5, 5.41) is 2.60. The number of thioether (sulfide) groups is 1. The number of anilines is 1. The van der Waals surface area contributed by atoms with Gasteiger partial charge in [-0.3, -0.25) is 9.59 Å². The first-order valence-electron chi connectivity index (χ1n) is 7.54. The van der Waals surface area contributed by atoms with Gasteiger partial charge < -0.3 is 16.0 Å². The van der Waals surface area contributed by atoms with E-state index in [0.29, 0.717) is 0 Å². The van der Waals surface area contributed by atoms with Crippen molar-refractivity contribution in [3.05, 3.63) is 24.3 Å². The fourth-order valence-corrected chi connectivity index (χ4v) is 3.40. The number of hydrogen-bond donors (Lipinski definition) is 2. The minimum atomic E-state index is -0.124. The Bertz CT molecular complexity index is 525. The molecule has 120 valence electrons. The van der Waals surface area contributed by atoms with Crippen LogP contribution in [-0.4, -0.2) is 41.1 Å². The Labute approximate surface area is 135 Å². The lowest BCUT2D eigenvalue weighted by Crippen LogP contribution is -2.45. The first-order valence-corrected chi connectivity index (χ1v) is 8.42. The van der Waals surface area contributed by atoms with E-state index in [0.717, 1.165) is 36.5 Å². The molecule has 1 aliphatic rings. The second kappa shape index (κ2) is 7.65. The molecule has 2 amide bonds. The smallest absolute Gasteiger partial charge is 0.235 e. The average molecular weight is 321 g/mol. The topological polar surface area (TPSA) is 75.4 Å². The van der Waals surface area contributed by atoms with E-state index in [9.17, 15) is 9.59 Å². The maximum atomic E-state index is 12.4. The molecule has 2 rings (SSSR count). The molecule has 0 saturated carbocycles. The number of nitrogens with two attached hydrogens (primary N) is 1. The van der Waals surface area contributed by atoms with Gasteiger partial charge in [-0.05, 0) is 44.0 Å². The van der Waals surface area contributed by atoms with Crippen molar-refractivity contribution in [2.45, 2.75) is 42.9 Å². The van der Waals surface area contributed by atoms with Crippen LogP contribution in [0.4, 0.5) is 5.69 Å². The molecule has 1 aliphatic heterocycles. The van der Waals surface area contributed by atoms with E-state index in [1.54, 1.807) is 0 Å². The van der Waals surface area contributed by atoms with E-state index < -0.39 is 0 Å². The van der Waals surface area contributed by atoms with Crippen LogP contribution in [0.15, 0.2) is 29.2 Å². The van der Waals surface area contributed by atoms with Crippen LogP contribution in [0.5, 0.6) is 0 Å². The zero-order valence-electron chi connectivity index (χ0n) is 13.0. The molecule has 0 radical (unpaired) electrons. The fraction of sp³-hybridized carbons (Fsp3) is 0.500. The average Bonchev–Trinajstić information content (AvgIpc) is 2.49. The van der Waals surface area contributed by atoms with E-state index in [1.807, 2.05) is 36.1 Å². The van der Waals surface area contributed by atoms with Gasteiger partial charge in [0.1, 0.15) is 0 Å². The number of carbonyl (C=O) groups excluding carboxylic acids is 2. The Kier molecular flexibility index (Phi) is 5.85. The summed E-state index contributed by atoms with van der Waals surface area (Å²) in [6.07, 6.45) is 1.77. The summed E-state index contributed by atoms with van der Waals surface area (Å²) in [6.45, 7) is 4.93. The molecule has 3 N–H and O–H groups in total. The highest BCUT2D eigenvalue weighted by molar-refractivity contribution is 8.00. The van der Waals surface area contributed by atoms with Gasteiger partial charge in [-0.15, -0.1) is 11.8 Å². The van der Waals surface area contributed by atoms with Gasteiger partial charge in [0.05, 0.1) is 5.25 Å². The van der Waals surface area contributed by atoms with Crippen molar-refractivity contribution in [3.8, 4) is 0 Å². The van der Waals surface area contributed by atoms with Crippen LogP contribution in [0, 0.1) is 0 Å². The van der Waals surface area contributed by atoms with Gasteiger partial charge >= 0.3 is 0 Å². The van der Waals surface area contributed by atoms with Crippen LogP contribution in [0.2, 0.25) is 0 Å². The van der Waals surface area contributed by atoms with Gasteiger partial charge in [-0.25, -0.2) is 0 Å². The molecule has 0 spiro atoms. The van der Waals surface area contributed by atoms with Gasteiger partial charge in [-0.1, -0.05) is 0 Å². The van der Waals surface area contributed by atoms with Gasteiger partial charge in [-0.2, -0.15) is 0 Å². The lowest BCUT2D eigenvalue weighted by Gasteiger charge is -2.31. The minimum absolute atomic E-state index is 0.0905. The van der Waals surface area contributed by atoms with Gasteiger partial charge in [0.2, 0.25) is 11.8 Å². The number of benzene rings is 1. The predicted molar refractivity (Wildman–Crippen MR) is 89.9 cm³/mol. The Hall–Kier alpha value is -1.53. The van der Waals surface area contributed by atoms with Crippen LogP contribution in [0.1, 0.15) is 26.7 Å². The number of piperidine rings is 1. The standard InChI is InChI=1S/C16H23N3O2S/c1-11(16(21)19-9-7-13(17)8-10-19)22-15-5-3-14(4-6-15)18-12(2)20/h3-6,11,13H,7-10,17H2,1-2H3,(H,18,20). The summed E-state index contributed by atoms with van der Waals surface area (Å²) in [5.41, 5.74) is 6.64. The second-order valence-corrected chi connectivity index (χ2v) is 7.04. The molecule has 1 atom stereocenters. The van der Waals surface area contributed by atoms with Crippen molar-refractivity contribution in [2.75, 3.05) is 18.4 Å². The number of rotatable bonds is 4. The molecule has 1 aromatic rings. The molecule has 5 nitrogen and oxygen atoms in total. The number of carbonyl (C=O) groups is 2. The largest absolute Gasteiger partial charge is 0.342 e. The van der Waals surface area contributed by atoms with E-state index >= 15 is 0 Å². The third-order valence-electron chi connectivity index (χ3n) is 3.69. The summed E-state index contributed by atoms with van der Waals surface area (Å²) in [7, 11) is 0. The number of amides is 2. The van der Waals surface area contributed by atoms with Gasteiger partial charge in [0, 0.05) is 36.6 Å². The number of nitrogens with one attached hydrogen (secondary N) is 1. The zero-order chi connectivity index (χ0) is 16.1. The van der Waals surface area contributed by atoms with Crippen molar-refractivity contribution in [1.82, 2.24) is 4.90 Å². The highest BCUT2D eigenvalue weighted by Gasteiger charge is 2.25. The molecule has 22 heavy (non-hydrogen) atoms. The normalized spacial score (nSPS) is 17.1. The summed E-state index contributed by atoms with van der Waals surface area (Å²) in [6, 6.07) is 7.77. The molecular formula is C16H23N3O2S. The summed E-state index contributed by atoms with van der Waals surface area (Å²) in [4.78, 5) is 26.3. The van der Waals surface area contributed by atoms with Crippen molar-refractivity contribution in [2.24, 2.45) is 5.73 Å². The first-order chi connectivity index (χ1) is 10.5. The zero-order valence-corrected chi connectivity index (χ0v) is 13.9. The number of hydrogen-bond acceptors (Lipinski definition) is 4. The summed E-state index contributed by atoms with van der Waals surface area (Å²) < 4.78 is 0. The second-order valence-electron chi connectivity index (χ2n) is 5.63. The molecule has 0 aliphatic carbocycles. The molecule has 0 bridgehead atoms. The lowest BCUT2D eigenvalue weighted by molar-refractivity contribution is -0.131. The predicted octanol–water partition coefficient (Wildman–Crippen LogP) is 2.08. The highest BCUT2D eigenvalue weighted by Crippen LogP contribution is 2.26. The van der Waals surface area contributed by atoms with Crippen LogP contribution >= 0.6 is 11.8 Å². The van der Waals surface area contributed by atoms with Crippen molar-refractivity contribution in [1.29, 1.82) is 0 Å². The highest BCUT2D eigenvalue weighted by atomic mass is 32.2. The van der Waals surface area contributed by atoms with Gasteiger partial charge in [0.15, 0.2) is 0 Å². The fourth-order valence-electron chi connectivity index (χ4n) is 2.45. The van der Waals surface area contributed by atoms with Crippen LogP contribution in [0.25, 0.3) is 0 Å². The van der Waals surface area contributed by atoms with E-state index in [-0.39, 0.29) is 23.1 Å². The number of nitrogens with zero attached hydrogens (tertiary/aromatic N) is 1. The van der Waals surface area contributed by atoms with Gasteiger partial charge in [0.25, 0.3) is 0 Å². The monoisotopic (exact) mass is 321 g/mol. The Balaban J connectivity index is 1.89. The third kappa shape index (κ3) is 4.74. The van der Waals surface area contributed by atoms with E-state index in [2.05, 4.69) is 5.32 Å². The molecule has 1 fully saturated rings. The molecule has 1 saturated heterocycles. The van der Waals surface area contributed by atoms with Crippen LogP contribution in [0.3, 0.4) is 0 Å². The Morgan fingerprint density at radius 3 is 2.41 bits per heavy atom. The molecule has 6 heteroatoms.